The number of carbonyl (C=O) groups is 3. The van der Waals surface area contributed by atoms with E-state index < -0.39 is 18.0 Å². The summed E-state index contributed by atoms with van der Waals surface area (Å²) in [5, 5.41) is 9.25. The van der Waals surface area contributed by atoms with Crippen LogP contribution in [0.3, 0.4) is 0 Å². The highest BCUT2D eigenvalue weighted by Gasteiger charge is 2.69. The van der Waals surface area contributed by atoms with Crippen LogP contribution in [0.25, 0.3) is 0 Å². The largest absolute Gasteiger partial charge is 0.479 e. The van der Waals surface area contributed by atoms with Gasteiger partial charge in [0.1, 0.15) is 6.10 Å². The molecular weight excluding hydrogens is 540 g/mol. The van der Waals surface area contributed by atoms with Gasteiger partial charge in [0.25, 0.3) is 0 Å². The fraction of sp³-hybridized carbons (Fsp3) is 0.919. The Balaban J connectivity index is 1.59. The van der Waals surface area contributed by atoms with Crippen LogP contribution >= 0.6 is 0 Å². The van der Waals surface area contributed by atoms with E-state index in [2.05, 4.69) is 48.5 Å². The van der Waals surface area contributed by atoms with Crippen molar-refractivity contribution in [2.75, 3.05) is 6.61 Å². The highest BCUT2D eigenvalue weighted by molar-refractivity contribution is 5.81. The summed E-state index contributed by atoms with van der Waals surface area (Å²) in [7, 11) is 0. The van der Waals surface area contributed by atoms with Crippen molar-refractivity contribution in [1.29, 1.82) is 0 Å². The molecule has 4 fully saturated rings. The fourth-order valence-electron chi connectivity index (χ4n) is 11.1. The molecule has 1 N–H and O–H groups in total. The van der Waals surface area contributed by atoms with E-state index >= 15 is 0 Å². The SMILES string of the molecule is CCCC[C@@H](OC(=O)CCC)C(C)(C)C1CC[C@]2(C)C(CCC3C4C(C(C)C)CC[C@]4(C(=O)OCC(=O)O)CC[C@]32C)C1. The average Bonchev–Trinajstić information content (AvgIpc) is 3.35. The molecule has 0 heterocycles. The molecule has 0 amide bonds. The Morgan fingerprint density at radius 2 is 1.65 bits per heavy atom. The maximum atomic E-state index is 13.7. The molecular formula is C37H62O6. The van der Waals surface area contributed by atoms with Gasteiger partial charge in [-0.25, -0.2) is 4.79 Å². The Hall–Kier alpha value is -1.59. The number of carboxylic acid groups (broad SMARTS) is 1. The third kappa shape index (κ3) is 6.03. The number of ether oxygens (including phenoxy) is 2. The highest BCUT2D eigenvalue weighted by atomic mass is 16.6. The van der Waals surface area contributed by atoms with E-state index in [1.807, 2.05) is 6.92 Å². The molecule has 43 heavy (non-hydrogen) atoms. The van der Waals surface area contributed by atoms with Crippen molar-refractivity contribution < 1.29 is 29.0 Å². The fourth-order valence-corrected chi connectivity index (χ4v) is 11.1. The number of hydrogen-bond donors (Lipinski definition) is 1. The number of carboxylic acids is 1. The van der Waals surface area contributed by atoms with E-state index in [1.165, 1.54) is 19.3 Å². The first-order valence-corrected chi connectivity index (χ1v) is 17.8. The summed E-state index contributed by atoms with van der Waals surface area (Å²) < 4.78 is 11.7. The van der Waals surface area contributed by atoms with Gasteiger partial charge in [0.2, 0.25) is 0 Å². The van der Waals surface area contributed by atoms with Crippen molar-refractivity contribution in [2.24, 2.45) is 57.2 Å². The van der Waals surface area contributed by atoms with Gasteiger partial charge in [-0.2, -0.15) is 0 Å². The second-order valence-corrected chi connectivity index (χ2v) is 16.5. The van der Waals surface area contributed by atoms with Crippen LogP contribution in [0.5, 0.6) is 0 Å². The number of hydrogen-bond acceptors (Lipinski definition) is 5. The summed E-state index contributed by atoms with van der Waals surface area (Å²) >= 11 is 0. The van der Waals surface area contributed by atoms with E-state index in [4.69, 9.17) is 9.47 Å². The lowest BCUT2D eigenvalue weighted by molar-refractivity contribution is -0.206. The van der Waals surface area contributed by atoms with Crippen molar-refractivity contribution in [2.45, 2.75) is 151 Å². The van der Waals surface area contributed by atoms with Gasteiger partial charge in [0.15, 0.2) is 6.61 Å². The summed E-state index contributed by atoms with van der Waals surface area (Å²) in [6.07, 6.45) is 13.9. The van der Waals surface area contributed by atoms with Crippen molar-refractivity contribution in [3.63, 3.8) is 0 Å². The Labute approximate surface area is 261 Å². The van der Waals surface area contributed by atoms with Gasteiger partial charge >= 0.3 is 17.9 Å². The number of esters is 2. The zero-order valence-electron chi connectivity index (χ0n) is 28.6. The quantitative estimate of drug-likeness (QED) is 0.224. The Morgan fingerprint density at radius 3 is 2.28 bits per heavy atom. The highest BCUT2D eigenvalue weighted by Crippen LogP contribution is 2.74. The second-order valence-electron chi connectivity index (χ2n) is 16.5. The smallest absolute Gasteiger partial charge is 0.341 e. The standard InChI is InChI=1S/C37H62O6/c1-9-11-13-29(43-31(40)12-10-2)34(5,6)25-16-18-35(7)26(22-25)14-15-28-32-27(24(3)4)17-19-37(32,21-20-36(28,35)8)33(41)42-23-30(38)39/h24-29,32H,9-23H2,1-8H3,(H,38,39)/t25?,26?,27?,28?,29-,32?,35-,36-,37+/m1/s1. The van der Waals surface area contributed by atoms with Crippen molar-refractivity contribution in [3.8, 4) is 0 Å². The molecule has 0 bridgehead atoms. The van der Waals surface area contributed by atoms with E-state index in [-0.39, 0.29) is 40.2 Å². The van der Waals surface area contributed by atoms with Crippen molar-refractivity contribution in [3.05, 3.63) is 0 Å². The van der Waals surface area contributed by atoms with E-state index in [1.54, 1.807) is 0 Å². The maximum absolute atomic E-state index is 13.7. The molecule has 246 valence electrons. The summed E-state index contributed by atoms with van der Waals surface area (Å²) in [6, 6.07) is 0. The number of carbonyl (C=O) groups excluding carboxylic acids is 2. The maximum Gasteiger partial charge on any atom is 0.341 e. The lowest BCUT2D eigenvalue weighted by atomic mass is 9.37. The molecule has 0 aromatic heterocycles. The van der Waals surface area contributed by atoms with Crippen LogP contribution in [-0.2, 0) is 23.9 Å². The van der Waals surface area contributed by atoms with E-state index in [0.29, 0.717) is 36.0 Å². The van der Waals surface area contributed by atoms with Crippen LogP contribution in [0.15, 0.2) is 0 Å². The number of unbranched alkanes of at least 4 members (excludes halogenated alkanes) is 1. The summed E-state index contributed by atoms with van der Waals surface area (Å²) in [6.45, 7) is 18.2. The van der Waals surface area contributed by atoms with Gasteiger partial charge in [0.05, 0.1) is 5.41 Å². The first-order chi connectivity index (χ1) is 20.2. The second kappa shape index (κ2) is 13.0. The molecule has 4 saturated carbocycles. The summed E-state index contributed by atoms with van der Waals surface area (Å²) in [5.41, 5.74) is -0.270. The molecule has 4 aliphatic rings. The predicted molar refractivity (Wildman–Crippen MR) is 169 cm³/mol. The van der Waals surface area contributed by atoms with Gasteiger partial charge in [-0.15, -0.1) is 0 Å². The van der Waals surface area contributed by atoms with Gasteiger partial charge in [0, 0.05) is 11.8 Å². The molecule has 5 unspecified atom stereocenters. The zero-order chi connectivity index (χ0) is 31.8. The first kappa shape index (κ1) is 34.3. The lowest BCUT2D eigenvalue weighted by Gasteiger charge is -2.67. The van der Waals surface area contributed by atoms with Crippen LogP contribution in [-0.4, -0.2) is 35.7 Å². The van der Waals surface area contributed by atoms with Gasteiger partial charge < -0.3 is 14.6 Å². The summed E-state index contributed by atoms with van der Waals surface area (Å²) in [5.74, 6) is 1.43. The Kier molecular flexibility index (Phi) is 10.4. The van der Waals surface area contributed by atoms with Crippen molar-refractivity contribution >= 4 is 17.9 Å². The van der Waals surface area contributed by atoms with E-state index in [0.717, 1.165) is 64.2 Å². The third-order valence-corrected chi connectivity index (χ3v) is 14.0. The minimum absolute atomic E-state index is 0.0369. The minimum atomic E-state index is -1.08. The molecule has 6 nitrogen and oxygen atoms in total. The molecule has 4 aliphatic carbocycles. The van der Waals surface area contributed by atoms with Crippen LogP contribution in [0, 0.1) is 57.2 Å². The van der Waals surface area contributed by atoms with Gasteiger partial charge in [-0.1, -0.05) is 68.2 Å². The Bertz CT molecular complexity index is 1020. The van der Waals surface area contributed by atoms with Crippen LogP contribution in [0.1, 0.15) is 145 Å². The Morgan fingerprint density at radius 1 is 0.930 bits per heavy atom. The first-order valence-electron chi connectivity index (χ1n) is 17.8. The van der Waals surface area contributed by atoms with E-state index in [9.17, 15) is 19.5 Å². The van der Waals surface area contributed by atoms with Crippen LogP contribution in [0.4, 0.5) is 0 Å². The molecule has 0 spiro atoms. The number of rotatable bonds is 12. The third-order valence-electron chi connectivity index (χ3n) is 14.0. The zero-order valence-corrected chi connectivity index (χ0v) is 28.6. The molecule has 0 aromatic rings. The van der Waals surface area contributed by atoms with Crippen LogP contribution in [0.2, 0.25) is 0 Å². The normalized spacial score (nSPS) is 38.0. The summed E-state index contributed by atoms with van der Waals surface area (Å²) in [4.78, 5) is 37.7. The van der Waals surface area contributed by atoms with Crippen LogP contribution < -0.4 is 0 Å². The molecule has 4 rings (SSSR count). The molecule has 0 aromatic carbocycles. The predicted octanol–water partition coefficient (Wildman–Crippen LogP) is 8.84. The minimum Gasteiger partial charge on any atom is -0.479 e. The van der Waals surface area contributed by atoms with Gasteiger partial charge in [-0.05, 0) is 117 Å². The molecule has 0 saturated heterocycles. The molecule has 6 heteroatoms. The lowest BCUT2D eigenvalue weighted by Crippen LogP contribution is -2.62. The topological polar surface area (TPSA) is 89.9 Å². The monoisotopic (exact) mass is 602 g/mol. The number of fused-ring (bicyclic) bond motifs is 5. The van der Waals surface area contributed by atoms with Gasteiger partial charge in [-0.3, -0.25) is 9.59 Å². The number of aliphatic carboxylic acids is 1. The molecule has 0 aliphatic heterocycles. The van der Waals surface area contributed by atoms with Crippen molar-refractivity contribution in [1.82, 2.24) is 0 Å². The molecule has 0 radical (unpaired) electrons. The molecule has 9 atom stereocenters. The average molecular weight is 603 g/mol.